The lowest BCUT2D eigenvalue weighted by Crippen LogP contribution is -2.52. The highest BCUT2D eigenvalue weighted by atomic mass is 16.2. The van der Waals surface area contributed by atoms with Gasteiger partial charge in [0.05, 0.1) is 0 Å². The summed E-state index contributed by atoms with van der Waals surface area (Å²) in [5.74, 6) is 0.683. The Balaban J connectivity index is 1.21. The normalized spacial score (nSPS) is 26.3. The predicted molar refractivity (Wildman–Crippen MR) is 116 cm³/mol. The first-order valence-corrected chi connectivity index (χ1v) is 11.8. The van der Waals surface area contributed by atoms with Gasteiger partial charge in [0.15, 0.2) is 0 Å². The number of benzene rings is 1. The van der Waals surface area contributed by atoms with Gasteiger partial charge in [-0.25, -0.2) is 0 Å². The molecule has 2 N–H and O–H groups in total. The number of hydrogen-bond acceptors (Lipinski definition) is 5. The smallest absolute Gasteiger partial charge is 0.255 e. The van der Waals surface area contributed by atoms with E-state index in [0.29, 0.717) is 24.4 Å². The van der Waals surface area contributed by atoms with E-state index in [9.17, 15) is 14.4 Å². The maximum Gasteiger partial charge on any atom is 0.255 e. The lowest BCUT2D eigenvalue weighted by atomic mass is 9.87. The summed E-state index contributed by atoms with van der Waals surface area (Å²) in [6.07, 6.45) is 5.61. The average Bonchev–Trinajstić information content (AvgIpc) is 3.10. The number of amides is 3. The van der Waals surface area contributed by atoms with Crippen molar-refractivity contribution in [1.82, 2.24) is 20.4 Å². The van der Waals surface area contributed by atoms with E-state index in [1.165, 1.54) is 24.9 Å². The summed E-state index contributed by atoms with van der Waals surface area (Å²) in [5, 5.41) is 5.82. The molecule has 0 spiro atoms. The Bertz CT molecular complexity index is 872. The van der Waals surface area contributed by atoms with Gasteiger partial charge in [-0.1, -0.05) is 12.1 Å². The van der Waals surface area contributed by atoms with Gasteiger partial charge in [-0.3, -0.25) is 19.7 Å². The lowest BCUT2D eigenvalue weighted by molar-refractivity contribution is -0.136. The Morgan fingerprint density at radius 2 is 1.74 bits per heavy atom. The first-order valence-electron chi connectivity index (χ1n) is 11.8. The zero-order valence-electron chi connectivity index (χ0n) is 18.1. The molecule has 31 heavy (non-hydrogen) atoms. The summed E-state index contributed by atoms with van der Waals surface area (Å²) < 4.78 is 0. The Labute approximate surface area is 183 Å². The minimum Gasteiger partial charge on any atom is -0.322 e. The molecule has 0 saturated carbocycles. The van der Waals surface area contributed by atoms with Crippen molar-refractivity contribution in [3.05, 3.63) is 34.9 Å². The molecule has 0 bridgehead atoms. The monoisotopic (exact) mass is 424 g/mol. The predicted octanol–water partition coefficient (Wildman–Crippen LogP) is 1.63. The average molecular weight is 425 g/mol. The van der Waals surface area contributed by atoms with E-state index in [4.69, 9.17) is 0 Å². The zero-order chi connectivity index (χ0) is 21.4. The summed E-state index contributed by atoms with van der Waals surface area (Å²) in [5.41, 5.74) is 3.04. The molecule has 3 saturated heterocycles. The summed E-state index contributed by atoms with van der Waals surface area (Å²) in [4.78, 5) is 40.9. The highest BCUT2D eigenvalue weighted by Gasteiger charge is 2.39. The molecule has 166 valence electrons. The molecule has 1 aromatic rings. The van der Waals surface area contributed by atoms with Crippen LogP contribution in [0.3, 0.4) is 0 Å². The molecule has 0 aromatic heterocycles. The number of fused-ring (bicyclic) bond motifs is 1. The second kappa shape index (κ2) is 8.71. The molecule has 0 aliphatic carbocycles. The molecule has 5 rings (SSSR count). The van der Waals surface area contributed by atoms with E-state index in [1.54, 1.807) is 4.90 Å². The second-order valence-corrected chi connectivity index (χ2v) is 9.58. The molecule has 4 aliphatic rings. The minimum atomic E-state index is -0.542. The summed E-state index contributed by atoms with van der Waals surface area (Å²) in [6.45, 7) is 6.30. The van der Waals surface area contributed by atoms with Gasteiger partial charge in [0.1, 0.15) is 6.04 Å². The standard InChI is InChI=1S/C24H32N4O3/c29-22-4-3-21(23(30)26-22)28-15-19-13-18(1-2-20(19)24(28)31)17-7-11-27(12-8-17)14-16-5-9-25-10-6-16/h1-2,13,16-17,21,25H,3-12,14-15H2,(H,26,29,30). The van der Waals surface area contributed by atoms with Gasteiger partial charge in [0.2, 0.25) is 11.8 Å². The quantitative estimate of drug-likeness (QED) is 0.718. The fourth-order valence-corrected chi connectivity index (χ4v) is 5.73. The van der Waals surface area contributed by atoms with Crippen LogP contribution in [-0.2, 0) is 16.1 Å². The fourth-order valence-electron chi connectivity index (χ4n) is 5.73. The van der Waals surface area contributed by atoms with Crippen molar-refractivity contribution >= 4 is 17.7 Å². The molecule has 7 heteroatoms. The maximum atomic E-state index is 12.9. The van der Waals surface area contributed by atoms with E-state index in [1.807, 2.05) is 6.07 Å². The van der Waals surface area contributed by atoms with Crippen LogP contribution in [0.15, 0.2) is 18.2 Å². The number of hydrogen-bond donors (Lipinski definition) is 2. The van der Waals surface area contributed by atoms with E-state index in [-0.39, 0.29) is 24.1 Å². The van der Waals surface area contributed by atoms with Crippen molar-refractivity contribution in [3.8, 4) is 0 Å². The van der Waals surface area contributed by atoms with E-state index in [2.05, 4.69) is 27.7 Å². The van der Waals surface area contributed by atoms with Crippen LogP contribution in [0.25, 0.3) is 0 Å². The number of rotatable bonds is 4. The third-order valence-electron chi connectivity index (χ3n) is 7.58. The van der Waals surface area contributed by atoms with E-state index >= 15 is 0 Å². The van der Waals surface area contributed by atoms with Crippen molar-refractivity contribution in [2.75, 3.05) is 32.7 Å². The third kappa shape index (κ3) is 4.26. The molecule has 7 nitrogen and oxygen atoms in total. The SMILES string of the molecule is O=C1CCC(N2Cc3cc(C4CCN(CC5CCNCC5)CC4)ccc3C2=O)C(=O)N1. The second-order valence-electron chi connectivity index (χ2n) is 9.58. The van der Waals surface area contributed by atoms with Crippen LogP contribution >= 0.6 is 0 Å². The number of carbonyl (C=O) groups is 3. The first kappa shape index (κ1) is 20.6. The number of nitrogens with zero attached hydrogens (tertiary/aromatic N) is 2. The van der Waals surface area contributed by atoms with Crippen LogP contribution < -0.4 is 10.6 Å². The summed E-state index contributed by atoms with van der Waals surface area (Å²) in [6, 6.07) is 5.70. The van der Waals surface area contributed by atoms with Crippen LogP contribution in [0, 0.1) is 5.92 Å². The minimum absolute atomic E-state index is 0.0900. The molecule has 3 fully saturated rings. The number of carbonyl (C=O) groups excluding carboxylic acids is 3. The maximum absolute atomic E-state index is 12.9. The van der Waals surface area contributed by atoms with Crippen LogP contribution in [0.2, 0.25) is 0 Å². The number of imide groups is 1. The topological polar surface area (TPSA) is 81.8 Å². The van der Waals surface area contributed by atoms with Crippen molar-refractivity contribution < 1.29 is 14.4 Å². The van der Waals surface area contributed by atoms with Gasteiger partial charge < -0.3 is 15.1 Å². The van der Waals surface area contributed by atoms with E-state index < -0.39 is 6.04 Å². The molecular formula is C24H32N4O3. The number of nitrogens with one attached hydrogen (secondary N) is 2. The van der Waals surface area contributed by atoms with Gasteiger partial charge in [-0.05, 0) is 87.3 Å². The van der Waals surface area contributed by atoms with Gasteiger partial charge in [0.25, 0.3) is 5.91 Å². The molecule has 1 atom stereocenters. The molecular weight excluding hydrogens is 392 g/mol. The largest absolute Gasteiger partial charge is 0.322 e. The Kier molecular flexibility index (Phi) is 5.80. The lowest BCUT2D eigenvalue weighted by Gasteiger charge is -2.35. The zero-order valence-corrected chi connectivity index (χ0v) is 18.1. The number of piperidine rings is 3. The highest BCUT2D eigenvalue weighted by Crippen LogP contribution is 2.34. The Morgan fingerprint density at radius 1 is 0.968 bits per heavy atom. The van der Waals surface area contributed by atoms with Crippen LogP contribution in [0.5, 0.6) is 0 Å². The van der Waals surface area contributed by atoms with Gasteiger partial charge in [0, 0.05) is 25.1 Å². The Morgan fingerprint density at radius 3 is 2.48 bits per heavy atom. The number of likely N-dealkylation sites (tertiary alicyclic amines) is 1. The van der Waals surface area contributed by atoms with Crippen LogP contribution in [0.4, 0.5) is 0 Å². The van der Waals surface area contributed by atoms with Crippen LogP contribution in [-0.4, -0.2) is 66.3 Å². The van der Waals surface area contributed by atoms with Crippen LogP contribution in [0.1, 0.15) is 65.9 Å². The summed E-state index contributed by atoms with van der Waals surface area (Å²) in [7, 11) is 0. The van der Waals surface area contributed by atoms with Gasteiger partial charge in [-0.15, -0.1) is 0 Å². The molecule has 1 aromatic carbocycles. The highest BCUT2D eigenvalue weighted by molar-refractivity contribution is 6.05. The molecule has 3 amide bonds. The van der Waals surface area contributed by atoms with E-state index in [0.717, 1.165) is 50.5 Å². The molecule has 0 radical (unpaired) electrons. The van der Waals surface area contributed by atoms with Crippen molar-refractivity contribution in [2.24, 2.45) is 5.92 Å². The fraction of sp³-hybridized carbons (Fsp3) is 0.625. The van der Waals surface area contributed by atoms with Crippen molar-refractivity contribution in [1.29, 1.82) is 0 Å². The van der Waals surface area contributed by atoms with Crippen molar-refractivity contribution in [2.45, 2.75) is 57.0 Å². The molecule has 4 heterocycles. The molecule has 1 unspecified atom stereocenters. The first-order chi connectivity index (χ1) is 15.1. The van der Waals surface area contributed by atoms with Crippen molar-refractivity contribution in [3.63, 3.8) is 0 Å². The Hall–Kier alpha value is -2.25. The third-order valence-corrected chi connectivity index (χ3v) is 7.58. The summed E-state index contributed by atoms with van der Waals surface area (Å²) >= 11 is 0. The van der Waals surface area contributed by atoms with Gasteiger partial charge in [-0.2, -0.15) is 0 Å². The molecule has 4 aliphatic heterocycles. The van der Waals surface area contributed by atoms with Gasteiger partial charge >= 0.3 is 0 Å².